The molecule has 0 aromatic carbocycles. The van der Waals surface area contributed by atoms with Gasteiger partial charge in [0.05, 0.1) is 0 Å². The second-order valence-corrected chi connectivity index (χ2v) is 5.44. The summed E-state index contributed by atoms with van der Waals surface area (Å²) in [5.41, 5.74) is 0. The highest BCUT2D eigenvalue weighted by molar-refractivity contribution is 5.73. The first kappa shape index (κ1) is 18.2. The van der Waals surface area contributed by atoms with Crippen molar-refractivity contribution >= 4 is 6.03 Å². The van der Waals surface area contributed by atoms with E-state index in [0.29, 0.717) is 6.04 Å². The van der Waals surface area contributed by atoms with Crippen LogP contribution >= 0.6 is 0 Å². The number of nitrogens with zero attached hydrogens (tertiary/aromatic N) is 2. The van der Waals surface area contributed by atoms with Gasteiger partial charge in [0.25, 0.3) is 0 Å². The summed E-state index contributed by atoms with van der Waals surface area (Å²) >= 11 is 0. The molecule has 0 bridgehead atoms. The van der Waals surface area contributed by atoms with Crippen molar-refractivity contribution in [1.29, 1.82) is 0 Å². The molecule has 1 aliphatic heterocycles. The molecule has 0 radical (unpaired) electrons. The maximum Gasteiger partial charge on any atom is 0.317 e. The Morgan fingerprint density at radius 2 is 1.84 bits per heavy atom. The molecule has 1 aliphatic rings. The third-order valence-electron chi connectivity index (χ3n) is 3.65. The van der Waals surface area contributed by atoms with E-state index < -0.39 is 0 Å². The molecule has 114 valence electrons. The highest BCUT2D eigenvalue weighted by atomic mass is 16.2. The van der Waals surface area contributed by atoms with E-state index in [9.17, 15) is 4.79 Å². The SMILES string of the molecule is CC.CNC(=O)N1CCC(N(C)CCC(C)C)CC1. The lowest BCUT2D eigenvalue weighted by Crippen LogP contribution is -2.48. The van der Waals surface area contributed by atoms with Gasteiger partial charge in [-0.15, -0.1) is 0 Å². The number of nitrogens with one attached hydrogen (secondary N) is 1. The van der Waals surface area contributed by atoms with Crippen molar-refractivity contribution in [3.05, 3.63) is 0 Å². The van der Waals surface area contributed by atoms with Crippen LogP contribution in [0.2, 0.25) is 0 Å². The van der Waals surface area contributed by atoms with Crippen LogP contribution < -0.4 is 5.32 Å². The van der Waals surface area contributed by atoms with E-state index in [1.165, 1.54) is 13.0 Å². The van der Waals surface area contributed by atoms with Crippen LogP contribution in [0.3, 0.4) is 0 Å². The predicted molar refractivity (Wildman–Crippen MR) is 82.5 cm³/mol. The zero-order chi connectivity index (χ0) is 14.8. The summed E-state index contributed by atoms with van der Waals surface area (Å²) in [6.45, 7) is 11.5. The van der Waals surface area contributed by atoms with E-state index in [4.69, 9.17) is 0 Å². The zero-order valence-corrected chi connectivity index (χ0v) is 13.7. The summed E-state index contributed by atoms with van der Waals surface area (Å²) in [4.78, 5) is 15.8. The maximum absolute atomic E-state index is 11.5. The van der Waals surface area contributed by atoms with Gasteiger partial charge in [-0.2, -0.15) is 0 Å². The molecule has 1 N–H and O–H groups in total. The van der Waals surface area contributed by atoms with Gasteiger partial charge in [0.15, 0.2) is 0 Å². The first-order valence-electron chi connectivity index (χ1n) is 7.71. The van der Waals surface area contributed by atoms with Gasteiger partial charge in [-0.25, -0.2) is 4.79 Å². The molecule has 0 atom stereocenters. The normalized spacial score (nSPS) is 16.3. The molecular formula is C15H33N3O. The number of carbonyl (C=O) groups is 1. The minimum Gasteiger partial charge on any atom is -0.341 e. The Balaban J connectivity index is 0.00000154. The fraction of sp³-hybridized carbons (Fsp3) is 0.933. The number of hydrogen-bond acceptors (Lipinski definition) is 2. The standard InChI is InChI=1S/C13H27N3O.C2H6/c1-11(2)5-8-15(4)12-6-9-16(10-7-12)13(17)14-3;1-2/h11-12H,5-10H2,1-4H3,(H,14,17);1-2H3. The van der Waals surface area contributed by atoms with Crippen LogP contribution in [0.1, 0.15) is 47.0 Å². The van der Waals surface area contributed by atoms with Crippen molar-refractivity contribution in [1.82, 2.24) is 15.1 Å². The van der Waals surface area contributed by atoms with Crippen LogP contribution in [-0.2, 0) is 0 Å². The Labute approximate surface area is 119 Å². The molecule has 0 spiro atoms. The van der Waals surface area contributed by atoms with Gasteiger partial charge in [0.2, 0.25) is 0 Å². The van der Waals surface area contributed by atoms with Gasteiger partial charge in [0.1, 0.15) is 0 Å². The summed E-state index contributed by atoms with van der Waals surface area (Å²) in [6, 6.07) is 0.711. The first-order chi connectivity index (χ1) is 9.04. The lowest BCUT2D eigenvalue weighted by molar-refractivity contribution is 0.132. The zero-order valence-electron chi connectivity index (χ0n) is 13.7. The predicted octanol–water partition coefficient (Wildman–Crippen LogP) is 2.79. The molecule has 0 aliphatic carbocycles. The lowest BCUT2D eigenvalue weighted by Gasteiger charge is -2.36. The van der Waals surface area contributed by atoms with E-state index in [-0.39, 0.29) is 6.03 Å². The molecule has 1 saturated heterocycles. The molecule has 0 unspecified atom stereocenters. The molecule has 1 fully saturated rings. The first-order valence-corrected chi connectivity index (χ1v) is 7.71. The summed E-state index contributed by atoms with van der Waals surface area (Å²) in [5, 5.41) is 2.69. The smallest absolute Gasteiger partial charge is 0.317 e. The summed E-state index contributed by atoms with van der Waals surface area (Å²) in [5.74, 6) is 0.767. The highest BCUT2D eigenvalue weighted by Crippen LogP contribution is 2.16. The Kier molecular flexibility index (Phi) is 9.66. The largest absolute Gasteiger partial charge is 0.341 e. The Morgan fingerprint density at radius 1 is 1.32 bits per heavy atom. The molecule has 4 nitrogen and oxygen atoms in total. The Hall–Kier alpha value is -0.770. The number of amides is 2. The highest BCUT2D eigenvalue weighted by Gasteiger charge is 2.24. The number of rotatable bonds is 4. The van der Waals surface area contributed by atoms with E-state index in [1.807, 2.05) is 18.7 Å². The average Bonchev–Trinajstić information content (AvgIpc) is 2.46. The van der Waals surface area contributed by atoms with Crippen molar-refractivity contribution in [2.75, 3.05) is 33.7 Å². The van der Waals surface area contributed by atoms with Crippen LogP contribution in [0.5, 0.6) is 0 Å². The van der Waals surface area contributed by atoms with E-state index in [0.717, 1.165) is 31.8 Å². The van der Waals surface area contributed by atoms with Crippen molar-refractivity contribution < 1.29 is 4.79 Å². The van der Waals surface area contributed by atoms with Gasteiger partial charge in [-0.05, 0) is 38.8 Å². The van der Waals surface area contributed by atoms with E-state index >= 15 is 0 Å². The fourth-order valence-corrected chi connectivity index (χ4v) is 2.31. The molecule has 0 aromatic rings. The van der Waals surface area contributed by atoms with Crippen LogP contribution in [0.25, 0.3) is 0 Å². The van der Waals surface area contributed by atoms with Crippen molar-refractivity contribution in [2.24, 2.45) is 5.92 Å². The van der Waals surface area contributed by atoms with Gasteiger partial charge < -0.3 is 15.1 Å². The monoisotopic (exact) mass is 271 g/mol. The number of piperidine rings is 1. The maximum atomic E-state index is 11.5. The third-order valence-corrected chi connectivity index (χ3v) is 3.65. The van der Waals surface area contributed by atoms with Crippen LogP contribution in [-0.4, -0.2) is 55.6 Å². The average molecular weight is 271 g/mol. The van der Waals surface area contributed by atoms with Crippen molar-refractivity contribution in [3.63, 3.8) is 0 Å². The Bertz CT molecular complexity index is 236. The second-order valence-electron chi connectivity index (χ2n) is 5.44. The molecule has 1 heterocycles. The fourth-order valence-electron chi connectivity index (χ4n) is 2.31. The van der Waals surface area contributed by atoms with Gasteiger partial charge >= 0.3 is 6.03 Å². The van der Waals surface area contributed by atoms with Crippen LogP contribution in [0.15, 0.2) is 0 Å². The number of likely N-dealkylation sites (tertiary alicyclic amines) is 1. The molecule has 2 amide bonds. The van der Waals surface area contributed by atoms with E-state index in [1.54, 1.807) is 7.05 Å². The van der Waals surface area contributed by atoms with Gasteiger partial charge in [-0.1, -0.05) is 27.7 Å². The third kappa shape index (κ3) is 6.81. The lowest BCUT2D eigenvalue weighted by atomic mass is 10.0. The van der Waals surface area contributed by atoms with Gasteiger partial charge in [0, 0.05) is 26.2 Å². The summed E-state index contributed by atoms with van der Waals surface area (Å²) < 4.78 is 0. The van der Waals surface area contributed by atoms with E-state index in [2.05, 4.69) is 31.1 Å². The molecular weight excluding hydrogens is 238 g/mol. The topological polar surface area (TPSA) is 35.6 Å². The Morgan fingerprint density at radius 3 is 2.26 bits per heavy atom. The molecule has 0 aromatic heterocycles. The molecule has 19 heavy (non-hydrogen) atoms. The van der Waals surface area contributed by atoms with Crippen LogP contribution in [0, 0.1) is 5.92 Å². The minimum atomic E-state index is 0.0632. The number of hydrogen-bond donors (Lipinski definition) is 1. The molecule has 0 saturated carbocycles. The minimum absolute atomic E-state index is 0.0632. The van der Waals surface area contributed by atoms with Crippen molar-refractivity contribution in [2.45, 2.75) is 53.0 Å². The quantitative estimate of drug-likeness (QED) is 0.853. The molecule has 4 heteroatoms. The van der Waals surface area contributed by atoms with Crippen molar-refractivity contribution in [3.8, 4) is 0 Å². The number of urea groups is 1. The summed E-state index contributed by atoms with van der Waals surface area (Å²) in [6.07, 6.45) is 3.45. The van der Waals surface area contributed by atoms with Gasteiger partial charge in [-0.3, -0.25) is 0 Å². The second kappa shape index (κ2) is 10.1. The number of carbonyl (C=O) groups excluding carboxylic acids is 1. The summed E-state index contributed by atoms with van der Waals surface area (Å²) in [7, 11) is 3.91. The molecule has 1 rings (SSSR count). The van der Waals surface area contributed by atoms with Crippen LogP contribution in [0.4, 0.5) is 4.79 Å².